The number of benzene rings is 1. The van der Waals surface area contributed by atoms with E-state index in [1.165, 1.54) is 0 Å². The van der Waals surface area contributed by atoms with E-state index in [0.29, 0.717) is 17.7 Å². The average Bonchev–Trinajstić information content (AvgIpc) is 2.45. The molecule has 0 saturated carbocycles. The largest absolute Gasteiger partial charge is 0.480 e. The number of halogens is 1. The van der Waals surface area contributed by atoms with E-state index in [-0.39, 0.29) is 13.1 Å². The van der Waals surface area contributed by atoms with Gasteiger partial charge in [-0.3, -0.25) is 14.0 Å². The molecule has 2 atom stereocenters. The zero-order chi connectivity index (χ0) is 15.8. The van der Waals surface area contributed by atoms with Gasteiger partial charge in [0.15, 0.2) is 0 Å². The van der Waals surface area contributed by atoms with E-state index in [1.54, 1.807) is 12.1 Å². The zero-order valence-electron chi connectivity index (χ0n) is 11.4. The van der Waals surface area contributed by atoms with Gasteiger partial charge in [-0.2, -0.15) is 0 Å². The second kappa shape index (κ2) is 8.63. The Morgan fingerprint density at radius 2 is 1.81 bits per heavy atom. The summed E-state index contributed by atoms with van der Waals surface area (Å²) in [5.41, 5.74) is 6.35. The van der Waals surface area contributed by atoms with Crippen molar-refractivity contribution in [1.29, 1.82) is 0 Å². The summed E-state index contributed by atoms with van der Waals surface area (Å²) in [5, 5.41) is 16.9. The van der Waals surface area contributed by atoms with Gasteiger partial charge in [-0.25, -0.2) is 0 Å². The van der Waals surface area contributed by atoms with Gasteiger partial charge in [0, 0.05) is 4.90 Å². The second-order valence-electron chi connectivity index (χ2n) is 4.56. The highest BCUT2D eigenvalue weighted by Gasteiger charge is 2.25. The van der Waals surface area contributed by atoms with E-state index in [1.807, 2.05) is 12.1 Å². The molecule has 5 nitrogen and oxygen atoms in total. The summed E-state index contributed by atoms with van der Waals surface area (Å²) in [5.74, 6) is -2.32. The first-order valence-corrected chi connectivity index (χ1v) is 7.34. The van der Waals surface area contributed by atoms with Gasteiger partial charge in [0.05, 0.1) is 6.67 Å². The number of carbonyl (C=O) groups is 2. The number of thioether (sulfide) groups is 1. The lowest BCUT2D eigenvalue weighted by atomic mass is 10.1. The van der Waals surface area contributed by atoms with Crippen molar-refractivity contribution in [3.05, 3.63) is 29.8 Å². The molecule has 1 aromatic carbocycles. The molecule has 0 aromatic heterocycles. The van der Waals surface area contributed by atoms with Crippen molar-refractivity contribution >= 4 is 23.7 Å². The molecular formula is C14H18FNO4S. The Bertz CT molecular complexity index is 480. The van der Waals surface area contributed by atoms with E-state index >= 15 is 0 Å². The topological polar surface area (TPSA) is 101 Å². The fourth-order valence-electron chi connectivity index (χ4n) is 1.70. The molecule has 21 heavy (non-hydrogen) atoms. The summed E-state index contributed by atoms with van der Waals surface area (Å²) in [4.78, 5) is 22.6. The van der Waals surface area contributed by atoms with Crippen LogP contribution in [0.4, 0.5) is 4.39 Å². The lowest BCUT2D eigenvalue weighted by Crippen LogP contribution is -2.35. The second-order valence-corrected chi connectivity index (χ2v) is 5.84. The summed E-state index contributed by atoms with van der Waals surface area (Å²) in [6.45, 7) is -0.370. The molecule has 1 unspecified atom stereocenters. The van der Waals surface area contributed by atoms with Crippen LogP contribution in [0.2, 0.25) is 0 Å². The molecule has 4 N–H and O–H groups in total. The van der Waals surface area contributed by atoms with Crippen LogP contribution in [-0.4, -0.2) is 40.1 Å². The number of carboxylic acids is 2. The predicted molar refractivity (Wildman–Crippen MR) is 78.2 cm³/mol. The number of nitrogens with two attached hydrogens (primary N) is 1. The van der Waals surface area contributed by atoms with Gasteiger partial charge in [-0.1, -0.05) is 12.1 Å². The monoisotopic (exact) mass is 315 g/mol. The molecule has 0 aliphatic carbocycles. The Labute approximate surface area is 126 Å². The van der Waals surface area contributed by atoms with Crippen LogP contribution in [0.15, 0.2) is 29.2 Å². The molecular weight excluding hydrogens is 297 g/mol. The van der Waals surface area contributed by atoms with Crippen LogP contribution in [0.5, 0.6) is 0 Å². The average molecular weight is 315 g/mol. The highest BCUT2D eigenvalue weighted by molar-refractivity contribution is 8.00. The van der Waals surface area contributed by atoms with E-state index in [4.69, 9.17) is 15.9 Å². The first-order chi connectivity index (χ1) is 9.93. The maximum atomic E-state index is 12.1. The van der Waals surface area contributed by atoms with Crippen molar-refractivity contribution < 1.29 is 24.2 Å². The smallest absolute Gasteiger partial charge is 0.320 e. The molecule has 7 heteroatoms. The van der Waals surface area contributed by atoms with Crippen LogP contribution < -0.4 is 5.73 Å². The number of aryl methyl sites for hydroxylation is 1. The van der Waals surface area contributed by atoms with Crippen LogP contribution in [0.25, 0.3) is 0 Å². The summed E-state index contributed by atoms with van der Waals surface area (Å²) >= 11 is 1.06. The van der Waals surface area contributed by atoms with E-state index < -0.39 is 23.2 Å². The molecule has 0 aliphatic rings. The maximum Gasteiger partial charge on any atom is 0.320 e. The number of rotatable bonds is 9. The third kappa shape index (κ3) is 6.14. The van der Waals surface area contributed by atoms with Crippen LogP contribution in [0.1, 0.15) is 18.4 Å². The third-order valence-corrected chi connectivity index (χ3v) is 4.08. The number of aliphatic carboxylic acids is 2. The Kier molecular flexibility index (Phi) is 7.18. The van der Waals surface area contributed by atoms with E-state index in [0.717, 1.165) is 17.3 Å². The lowest BCUT2D eigenvalue weighted by molar-refractivity contribution is -0.139. The minimum Gasteiger partial charge on any atom is -0.480 e. The normalized spacial score (nSPS) is 13.6. The highest BCUT2D eigenvalue weighted by Crippen LogP contribution is 2.27. The van der Waals surface area contributed by atoms with Crippen molar-refractivity contribution in [2.24, 2.45) is 5.73 Å². The molecule has 0 saturated heterocycles. The highest BCUT2D eigenvalue weighted by atomic mass is 32.2. The fraction of sp³-hybridized carbons (Fsp3) is 0.429. The van der Waals surface area contributed by atoms with Crippen LogP contribution >= 0.6 is 11.8 Å². The molecule has 0 heterocycles. The summed E-state index contributed by atoms with van der Waals surface area (Å²) in [6, 6.07) is 5.92. The summed E-state index contributed by atoms with van der Waals surface area (Å²) in [7, 11) is 0. The van der Waals surface area contributed by atoms with Gasteiger partial charge in [-0.15, -0.1) is 11.8 Å². The molecule has 0 radical (unpaired) electrons. The van der Waals surface area contributed by atoms with Crippen LogP contribution in [0, 0.1) is 0 Å². The van der Waals surface area contributed by atoms with E-state index in [2.05, 4.69) is 0 Å². The molecule has 0 amide bonds. The molecule has 0 fully saturated rings. The summed E-state index contributed by atoms with van der Waals surface area (Å²) in [6.07, 6.45) is 0.935. The van der Waals surface area contributed by atoms with Crippen molar-refractivity contribution in [2.75, 3.05) is 6.67 Å². The van der Waals surface area contributed by atoms with Crippen molar-refractivity contribution in [3.8, 4) is 0 Å². The molecule has 0 aliphatic heterocycles. The molecule has 116 valence electrons. The minimum absolute atomic E-state index is 0.154. The van der Waals surface area contributed by atoms with Gasteiger partial charge >= 0.3 is 11.9 Å². The fourth-order valence-corrected chi connectivity index (χ4v) is 2.73. The number of alkyl halides is 1. The van der Waals surface area contributed by atoms with Gasteiger partial charge < -0.3 is 15.9 Å². The molecule has 1 aromatic rings. The first kappa shape index (κ1) is 17.5. The Balaban J connectivity index is 2.66. The van der Waals surface area contributed by atoms with Crippen molar-refractivity contribution in [2.45, 2.75) is 35.4 Å². The zero-order valence-corrected chi connectivity index (χ0v) is 12.2. The van der Waals surface area contributed by atoms with Crippen molar-refractivity contribution in [1.82, 2.24) is 0 Å². The van der Waals surface area contributed by atoms with Gasteiger partial charge in [-0.05, 0) is 37.0 Å². The maximum absolute atomic E-state index is 12.1. The first-order valence-electron chi connectivity index (χ1n) is 6.46. The van der Waals surface area contributed by atoms with Crippen molar-refractivity contribution in [3.63, 3.8) is 0 Å². The number of hydrogen-bond acceptors (Lipinski definition) is 4. The lowest BCUT2D eigenvalue weighted by Gasteiger charge is -2.14. The van der Waals surface area contributed by atoms with Crippen LogP contribution in [-0.2, 0) is 16.0 Å². The molecule has 1 rings (SSSR count). The van der Waals surface area contributed by atoms with Gasteiger partial charge in [0.2, 0.25) is 0 Å². The van der Waals surface area contributed by atoms with Gasteiger partial charge in [0.1, 0.15) is 11.3 Å². The van der Waals surface area contributed by atoms with E-state index in [9.17, 15) is 14.0 Å². The Hall–Kier alpha value is -1.60. The molecule has 0 bridgehead atoms. The number of hydrogen-bond donors (Lipinski definition) is 3. The van der Waals surface area contributed by atoms with Crippen LogP contribution in [0.3, 0.4) is 0 Å². The van der Waals surface area contributed by atoms with Gasteiger partial charge in [0.25, 0.3) is 0 Å². The Morgan fingerprint density at radius 3 is 2.29 bits per heavy atom. The summed E-state index contributed by atoms with van der Waals surface area (Å²) < 4.78 is 12.1. The molecule has 0 spiro atoms. The predicted octanol–water partition coefficient (Wildman–Crippen LogP) is 1.94. The SMILES string of the molecule is N[C@@H](CC(Sc1ccc(CCCF)cc1)C(=O)O)C(=O)O. The third-order valence-electron chi connectivity index (χ3n) is 2.86. The Morgan fingerprint density at radius 1 is 1.19 bits per heavy atom. The minimum atomic E-state index is -1.22. The standard InChI is InChI=1S/C14H18FNO4S/c15-7-1-2-9-3-5-10(6-4-9)21-12(14(19)20)8-11(16)13(17)18/h3-6,11-12H,1-2,7-8,16H2,(H,17,18)(H,19,20)/t11-,12?/m0/s1. The quantitative estimate of drug-likeness (QED) is 0.602. The number of carboxylic acid groups (broad SMARTS) is 2.